The van der Waals surface area contributed by atoms with Gasteiger partial charge in [0.25, 0.3) is 0 Å². The lowest BCUT2D eigenvalue weighted by atomic mass is 10.1. The number of amidine groups is 1. The number of hydrogen-bond donors (Lipinski definition) is 1. The van der Waals surface area contributed by atoms with Gasteiger partial charge in [-0.05, 0) is 36.6 Å². The molecular weight excluding hydrogens is 244 g/mol. The maximum absolute atomic E-state index is 5.21. The molecule has 0 amide bonds. The van der Waals surface area contributed by atoms with Gasteiger partial charge in [0.15, 0.2) is 5.17 Å². The molecule has 18 heavy (non-hydrogen) atoms. The second-order valence-corrected chi connectivity index (χ2v) is 5.87. The number of thioether (sulfide) groups is 1. The topological polar surface area (TPSA) is 33.6 Å². The van der Waals surface area contributed by atoms with Gasteiger partial charge in [0.1, 0.15) is 5.75 Å². The Labute approximate surface area is 113 Å². The summed E-state index contributed by atoms with van der Waals surface area (Å²) in [5.41, 5.74) is 2.28. The fourth-order valence-corrected chi connectivity index (χ4v) is 3.00. The molecule has 98 valence electrons. The number of benzene rings is 1. The number of nitrogens with one attached hydrogen (secondary N) is 1. The van der Waals surface area contributed by atoms with Crippen molar-refractivity contribution >= 4 is 22.6 Å². The largest absolute Gasteiger partial charge is 0.497 e. The van der Waals surface area contributed by atoms with E-state index in [0.29, 0.717) is 12.0 Å². The minimum absolute atomic E-state index is 0.441. The Morgan fingerprint density at radius 2 is 2.22 bits per heavy atom. The molecule has 4 heteroatoms. The van der Waals surface area contributed by atoms with Crippen molar-refractivity contribution in [1.82, 2.24) is 0 Å². The van der Waals surface area contributed by atoms with E-state index in [2.05, 4.69) is 26.1 Å². The van der Waals surface area contributed by atoms with E-state index in [0.717, 1.165) is 22.4 Å². The van der Waals surface area contributed by atoms with Crippen molar-refractivity contribution in [1.29, 1.82) is 0 Å². The number of rotatable bonds is 3. The van der Waals surface area contributed by atoms with Gasteiger partial charge in [-0.25, -0.2) is 0 Å². The molecule has 1 heterocycles. The van der Waals surface area contributed by atoms with Crippen LogP contribution in [0.3, 0.4) is 0 Å². The van der Waals surface area contributed by atoms with E-state index in [1.807, 2.05) is 18.2 Å². The first kappa shape index (κ1) is 13.3. The SMILES string of the molecule is COc1ccc(NC2=N[C@@H](C(C)C)CS2)c(C)c1. The van der Waals surface area contributed by atoms with Crippen LogP contribution in [-0.2, 0) is 0 Å². The van der Waals surface area contributed by atoms with Crippen molar-refractivity contribution in [3.8, 4) is 5.75 Å². The average molecular weight is 264 g/mol. The summed E-state index contributed by atoms with van der Waals surface area (Å²) < 4.78 is 5.21. The van der Waals surface area contributed by atoms with Crippen molar-refractivity contribution in [2.24, 2.45) is 10.9 Å². The lowest BCUT2D eigenvalue weighted by Crippen LogP contribution is -2.12. The van der Waals surface area contributed by atoms with Gasteiger partial charge in [-0.15, -0.1) is 0 Å². The number of anilines is 1. The standard InChI is InChI=1S/C14H20N2OS/c1-9(2)13-8-18-14(16-13)15-12-6-5-11(17-4)7-10(12)3/h5-7,9,13H,8H2,1-4H3,(H,15,16)/t13-/m1/s1. The molecule has 3 nitrogen and oxygen atoms in total. The lowest BCUT2D eigenvalue weighted by molar-refractivity contribution is 0.414. The van der Waals surface area contributed by atoms with Crippen LogP contribution in [0.1, 0.15) is 19.4 Å². The third-order valence-electron chi connectivity index (χ3n) is 3.12. The second kappa shape index (κ2) is 5.65. The van der Waals surface area contributed by atoms with Gasteiger partial charge in [0.2, 0.25) is 0 Å². The summed E-state index contributed by atoms with van der Waals surface area (Å²) >= 11 is 1.80. The van der Waals surface area contributed by atoms with Crippen LogP contribution in [0.4, 0.5) is 5.69 Å². The van der Waals surface area contributed by atoms with Crippen molar-refractivity contribution in [3.63, 3.8) is 0 Å². The van der Waals surface area contributed by atoms with E-state index in [9.17, 15) is 0 Å². The minimum Gasteiger partial charge on any atom is -0.497 e. The molecule has 1 aromatic rings. The predicted octanol–water partition coefficient (Wildman–Crippen LogP) is 3.54. The molecule has 0 fully saturated rings. The van der Waals surface area contributed by atoms with Crippen molar-refractivity contribution in [3.05, 3.63) is 23.8 Å². The first-order valence-electron chi connectivity index (χ1n) is 6.22. The molecule has 1 aliphatic heterocycles. The first-order valence-corrected chi connectivity index (χ1v) is 7.21. The molecule has 2 rings (SSSR count). The number of hydrogen-bond acceptors (Lipinski definition) is 4. The maximum Gasteiger partial charge on any atom is 0.161 e. The molecule has 0 spiro atoms. The lowest BCUT2D eigenvalue weighted by Gasteiger charge is -2.10. The zero-order chi connectivity index (χ0) is 13.1. The Kier molecular flexibility index (Phi) is 4.17. The molecule has 0 bridgehead atoms. The summed E-state index contributed by atoms with van der Waals surface area (Å²) in [6.07, 6.45) is 0. The summed E-state index contributed by atoms with van der Waals surface area (Å²) in [6.45, 7) is 6.51. The number of methoxy groups -OCH3 is 1. The summed E-state index contributed by atoms with van der Waals surface area (Å²) in [5, 5.41) is 4.43. The monoisotopic (exact) mass is 264 g/mol. The Bertz CT molecular complexity index is 457. The van der Waals surface area contributed by atoms with Crippen LogP contribution < -0.4 is 10.1 Å². The summed E-state index contributed by atoms with van der Waals surface area (Å²) in [6, 6.07) is 6.48. The normalized spacial score (nSPS) is 18.9. The van der Waals surface area contributed by atoms with Crippen LogP contribution in [0.5, 0.6) is 5.75 Å². The fourth-order valence-electron chi connectivity index (χ4n) is 1.82. The summed E-state index contributed by atoms with van der Waals surface area (Å²) in [4.78, 5) is 4.70. The van der Waals surface area contributed by atoms with Crippen LogP contribution >= 0.6 is 11.8 Å². The number of aryl methyl sites for hydroxylation is 1. The van der Waals surface area contributed by atoms with Gasteiger partial charge in [-0.1, -0.05) is 25.6 Å². The van der Waals surface area contributed by atoms with E-state index >= 15 is 0 Å². The molecule has 1 aromatic carbocycles. The van der Waals surface area contributed by atoms with Crippen LogP contribution in [0.15, 0.2) is 23.2 Å². The molecule has 1 atom stereocenters. The molecule has 0 aliphatic carbocycles. The number of nitrogens with zero attached hydrogens (tertiary/aromatic N) is 1. The number of ether oxygens (including phenoxy) is 1. The molecular formula is C14H20N2OS. The van der Waals surface area contributed by atoms with E-state index in [1.165, 1.54) is 5.56 Å². The van der Waals surface area contributed by atoms with Crippen molar-refractivity contribution < 1.29 is 4.74 Å². The highest BCUT2D eigenvalue weighted by Crippen LogP contribution is 2.27. The molecule has 0 unspecified atom stereocenters. The molecule has 0 saturated carbocycles. The highest BCUT2D eigenvalue weighted by molar-refractivity contribution is 8.14. The minimum atomic E-state index is 0.441. The Morgan fingerprint density at radius 3 is 2.78 bits per heavy atom. The van der Waals surface area contributed by atoms with E-state index in [-0.39, 0.29) is 0 Å². The quantitative estimate of drug-likeness (QED) is 0.906. The highest BCUT2D eigenvalue weighted by atomic mass is 32.2. The predicted molar refractivity (Wildman–Crippen MR) is 79.9 cm³/mol. The first-order chi connectivity index (χ1) is 8.60. The Balaban J connectivity index is 2.08. The molecule has 1 N–H and O–H groups in total. The van der Waals surface area contributed by atoms with Crippen LogP contribution in [-0.4, -0.2) is 24.1 Å². The van der Waals surface area contributed by atoms with Gasteiger partial charge >= 0.3 is 0 Å². The molecule has 0 saturated heterocycles. The molecule has 0 radical (unpaired) electrons. The zero-order valence-electron chi connectivity index (χ0n) is 11.4. The third kappa shape index (κ3) is 2.99. The average Bonchev–Trinajstić information content (AvgIpc) is 2.80. The van der Waals surface area contributed by atoms with E-state index in [4.69, 9.17) is 9.73 Å². The molecule has 1 aliphatic rings. The van der Waals surface area contributed by atoms with Crippen LogP contribution in [0.2, 0.25) is 0 Å². The van der Waals surface area contributed by atoms with Crippen LogP contribution in [0, 0.1) is 12.8 Å². The summed E-state index contributed by atoms with van der Waals surface area (Å²) in [5.74, 6) is 2.57. The van der Waals surface area contributed by atoms with Crippen LogP contribution in [0.25, 0.3) is 0 Å². The van der Waals surface area contributed by atoms with Gasteiger partial charge in [0, 0.05) is 11.4 Å². The highest BCUT2D eigenvalue weighted by Gasteiger charge is 2.21. The van der Waals surface area contributed by atoms with Gasteiger partial charge in [0.05, 0.1) is 13.2 Å². The fraction of sp³-hybridized carbons (Fsp3) is 0.500. The van der Waals surface area contributed by atoms with E-state index < -0.39 is 0 Å². The summed E-state index contributed by atoms with van der Waals surface area (Å²) in [7, 11) is 1.69. The smallest absolute Gasteiger partial charge is 0.161 e. The van der Waals surface area contributed by atoms with Crippen molar-refractivity contribution in [2.45, 2.75) is 26.8 Å². The Morgan fingerprint density at radius 1 is 1.44 bits per heavy atom. The van der Waals surface area contributed by atoms with Crippen molar-refractivity contribution in [2.75, 3.05) is 18.2 Å². The van der Waals surface area contributed by atoms with Gasteiger partial charge in [-0.2, -0.15) is 0 Å². The van der Waals surface area contributed by atoms with Gasteiger partial charge < -0.3 is 10.1 Å². The van der Waals surface area contributed by atoms with E-state index in [1.54, 1.807) is 18.9 Å². The number of aliphatic imine (C=N–C) groups is 1. The third-order valence-corrected chi connectivity index (χ3v) is 4.11. The maximum atomic E-state index is 5.21. The second-order valence-electron chi connectivity index (χ2n) is 4.86. The Hall–Kier alpha value is -1.16. The molecule has 0 aromatic heterocycles. The van der Waals surface area contributed by atoms with Gasteiger partial charge in [-0.3, -0.25) is 4.99 Å². The zero-order valence-corrected chi connectivity index (χ0v) is 12.2.